The third kappa shape index (κ3) is 4.08. The van der Waals surface area contributed by atoms with Crippen LogP contribution in [0.1, 0.15) is 22.3 Å². The van der Waals surface area contributed by atoms with Crippen molar-refractivity contribution in [1.82, 2.24) is 4.90 Å². The van der Waals surface area contributed by atoms with Crippen molar-refractivity contribution in [2.75, 3.05) is 14.1 Å². The second-order valence-corrected chi connectivity index (χ2v) is 5.05. The van der Waals surface area contributed by atoms with Crippen molar-refractivity contribution < 1.29 is 0 Å². The molecule has 0 fully saturated rings. The van der Waals surface area contributed by atoms with E-state index in [1.807, 2.05) is 24.3 Å². The molecule has 2 aromatic rings. The first-order valence-corrected chi connectivity index (χ1v) is 6.59. The van der Waals surface area contributed by atoms with Gasteiger partial charge in [0.15, 0.2) is 0 Å². The molecule has 0 aromatic heterocycles. The normalized spacial score (nSPS) is 10.9. The second-order valence-electron chi connectivity index (χ2n) is 5.05. The largest absolute Gasteiger partial charge is 0.305 e. The summed E-state index contributed by atoms with van der Waals surface area (Å²) in [5, 5.41) is 8.75. The number of nitriles is 1. The van der Waals surface area contributed by atoms with E-state index in [1.54, 1.807) is 0 Å². The molecule has 0 unspecified atom stereocenters. The quantitative estimate of drug-likeness (QED) is 0.784. The van der Waals surface area contributed by atoms with Gasteiger partial charge in [0, 0.05) is 6.54 Å². The van der Waals surface area contributed by atoms with Crippen LogP contribution >= 0.6 is 0 Å². The topological polar surface area (TPSA) is 27.0 Å². The molecule has 0 amide bonds. The highest BCUT2D eigenvalue weighted by molar-refractivity contribution is 5.69. The van der Waals surface area contributed by atoms with Crippen LogP contribution in [-0.4, -0.2) is 19.0 Å². The smallest absolute Gasteiger partial charge is 0.0991 e. The average molecular weight is 262 g/mol. The third-order valence-corrected chi connectivity index (χ3v) is 2.99. The summed E-state index contributed by atoms with van der Waals surface area (Å²) in [4.78, 5) is 2.15. The highest BCUT2D eigenvalue weighted by atomic mass is 15.0. The zero-order valence-electron chi connectivity index (χ0n) is 11.9. The van der Waals surface area contributed by atoms with Crippen molar-refractivity contribution in [3.8, 4) is 6.07 Å². The number of rotatable bonds is 4. The van der Waals surface area contributed by atoms with Crippen LogP contribution in [0.25, 0.3) is 12.2 Å². The highest BCUT2D eigenvalue weighted by Gasteiger charge is 1.95. The van der Waals surface area contributed by atoms with E-state index < -0.39 is 0 Å². The summed E-state index contributed by atoms with van der Waals surface area (Å²) in [5.41, 5.74) is 4.28. The molecule has 0 atom stereocenters. The zero-order valence-corrected chi connectivity index (χ0v) is 11.9. The van der Waals surface area contributed by atoms with Gasteiger partial charge in [0.25, 0.3) is 0 Å². The molecule has 100 valence electrons. The van der Waals surface area contributed by atoms with Crippen molar-refractivity contribution in [2.45, 2.75) is 6.54 Å². The van der Waals surface area contributed by atoms with E-state index in [9.17, 15) is 0 Å². The summed E-state index contributed by atoms with van der Waals surface area (Å²) < 4.78 is 0. The fraction of sp³-hybridized carbons (Fsp3) is 0.167. The molecular formula is C18H18N2. The van der Waals surface area contributed by atoms with Gasteiger partial charge in [-0.05, 0) is 42.9 Å². The Morgan fingerprint density at radius 3 is 1.85 bits per heavy atom. The van der Waals surface area contributed by atoms with Gasteiger partial charge in [-0.1, -0.05) is 48.6 Å². The van der Waals surface area contributed by atoms with Crippen LogP contribution in [0.4, 0.5) is 0 Å². The van der Waals surface area contributed by atoms with E-state index in [1.165, 1.54) is 11.1 Å². The van der Waals surface area contributed by atoms with Gasteiger partial charge in [0.05, 0.1) is 11.6 Å². The molecule has 0 saturated carbocycles. The van der Waals surface area contributed by atoms with Crippen molar-refractivity contribution in [3.63, 3.8) is 0 Å². The number of hydrogen-bond acceptors (Lipinski definition) is 2. The first-order chi connectivity index (χ1) is 9.67. The summed E-state index contributed by atoms with van der Waals surface area (Å²) >= 11 is 0. The van der Waals surface area contributed by atoms with Gasteiger partial charge < -0.3 is 4.90 Å². The molecule has 0 saturated heterocycles. The first kappa shape index (κ1) is 14.0. The van der Waals surface area contributed by atoms with E-state index in [4.69, 9.17) is 5.26 Å². The number of benzene rings is 2. The van der Waals surface area contributed by atoms with Crippen molar-refractivity contribution in [2.24, 2.45) is 0 Å². The predicted octanol–water partition coefficient (Wildman–Crippen LogP) is 3.79. The van der Waals surface area contributed by atoms with E-state index in [0.717, 1.165) is 12.1 Å². The van der Waals surface area contributed by atoms with Gasteiger partial charge in [-0.3, -0.25) is 0 Å². The van der Waals surface area contributed by atoms with Crippen LogP contribution in [0.2, 0.25) is 0 Å². The molecule has 0 aliphatic carbocycles. The molecule has 0 bridgehead atoms. The highest BCUT2D eigenvalue weighted by Crippen LogP contribution is 2.11. The van der Waals surface area contributed by atoms with Crippen LogP contribution < -0.4 is 0 Å². The summed E-state index contributed by atoms with van der Waals surface area (Å²) in [6, 6.07) is 18.2. The Balaban J connectivity index is 2.05. The average Bonchev–Trinajstić information content (AvgIpc) is 2.46. The summed E-state index contributed by atoms with van der Waals surface area (Å²) in [6.07, 6.45) is 4.14. The first-order valence-electron chi connectivity index (χ1n) is 6.59. The van der Waals surface area contributed by atoms with Gasteiger partial charge in [0.1, 0.15) is 0 Å². The monoisotopic (exact) mass is 262 g/mol. The lowest BCUT2D eigenvalue weighted by molar-refractivity contribution is 0.402. The fourth-order valence-electron chi connectivity index (χ4n) is 1.96. The lowest BCUT2D eigenvalue weighted by atomic mass is 10.1. The molecule has 0 aliphatic heterocycles. The summed E-state index contributed by atoms with van der Waals surface area (Å²) in [6.45, 7) is 0.958. The Kier molecular flexibility index (Phi) is 4.70. The lowest BCUT2D eigenvalue weighted by Gasteiger charge is -2.09. The van der Waals surface area contributed by atoms with Crippen molar-refractivity contribution >= 4 is 12.2 Å². The summed E-state index contributed by atoms with van der Waals surface area (Å²) in [5.74, 6) is 0. The Bertz CT molecular complexity index is 614. The van der Waals surface area contributed by atoms with E-state index >= 15 is 0 Å². The third-order valence-electron chi connectivity index (χ3n) is 2.99. The van der Waals surface area contributed by atoms with Gasteiger partial charge in [0.2, 0.25) is 0 Å². The minimum Gasteiger partial charge on any atom is -0.305 e. The molecule has 0 N–H and O–H groups in total. The van der Waals surface area contributed by atoms with Gasteiger partial charge in [-0.2, -0.15) is 5.26 Å². The van der Waals surface area contributed by atoms with Crippen molar-refractivity contribution in [1.29, 1.82) is 5.26 Å². The van der Waals surface area contributed by atoms with Crippen LogP contribution in [0.5, 0.6) is 0 Å². The maximum Gasteiger partial charge on any atom is 0.0991 e. The molecular weight excluding hydrogens is 244 g/mol. The van der Waals surface area contributed by atoms with Crippen LogP contribution in [-0.2, 0) is 6.54 Å². The SMILES string of the molecule is CN(C)Cc1ccc(/C=C/c2ccc(C#N)cc2)cc1. The summed E-state index contributed by atoms with van der Waals surface area (Å²) in [7, 11) is 4.14. The maximum atomic E-state index is 8.75. The molecule has 2 rings (SSSR count). The Morgan fingerprint density at radius 1 is 0.900 bits per heavy atom. The molecule has 0 heterocycles. The maximum absolute atomic E-state index is 8.75. The van der Waals surface area contributed by atoms with Gasteiger partial charge >= 0.3 is 0 Å². The molecule has 2 heteroatoms. The van der Waals surface area contributed by atoms with Crippen LogP contribution in [0, 0.1) is 11.3 Å². The van der Waals surface area contributed by atoms with Crippen molar-refractivity contribution in [3.05, 3.63) is 70.8 Å². The molecule has 0 radical (unpaired) electrons. The predicted molar refractivity (Wildman–Crippen MR) is 83.9 cm³/mol. The fourth-order valence-corrected chi connectivity index (χ4v) is 1.96. The van der Waals surface area contributed by atoms with E-state index in [2.05, 4.69) is 61.5 Å². The molecule has 0 aliphatic rings. The Morgan fingerprint density at radius 2 is 1.40 bits per heavy atom. The van der Waals surface area contributed by atoms with Crippen LogP contribution in [0.3, 0.4) is 0 Å². The minimum atomic E-state index is 0.690. The number of hydrogen-bond donors (Lipinski definition) is 0. The standard InChI is InChI=1S/C18H18N2/c1-20(2)14-18-11-7-16(8-12-18)4-3-15-5-9-17(13-19)10-6-15/h3-12H,14H2,1-2H3/b4-3+. The Hall–Kier alpha value is -2.37. The zero-order chi connectivity index (χ0) is 14.4. The lowest BCUT2D eigenvalue weighted by Crippen LogP contribution is -2.10. The Labute approximate surface area is 120 Å². The van der Waals surface area contributed by atoms with E-state index in [-0.39, 0.29) is 0 Å². The molecule has 2 aromatic carbocycles. The molecule has 0 spiro atoms. The van der Waals surface area contributed by atoms with Gasteiger partial charge in [-0.25, -0.2) is 0 Å². The second kappa shape index (κ2) is 6.70. The van der Waals surface area contributed by atoms with Gasteiger partial charge in [-0.15, -0.1) is 0 Å². The minimum absolute atomic E-state index is 0.690. The number of nitrogens with zero attached hydrogens (tertiary/aromatic N) is 2. The van der Waals surface area contributed by atoms with Crippen LogP contribution in [0.15, 0.2) is 48.5 Å². The van der Waals surface area contributed by atoms with E-state index in [0.29, 0.717) is 5.56 Å². The molecule has 2 nitrogen and oxygen atoms in total. The molecule has 20 heavy (non-hydrogen) atoms.